The Bertz CT molecular complexity index is 1080. The molecule has 0 saturated heterocycles. The standard InChI is InChI=1S/C19H13F4N3O3/c1-2-14(18(27)26-17-15(22)9(20)7-10(21)16(17)23)29-19(28)13-8-24-11-5-3-4-6-12(11)25-13/h3-8,14H,2H2,1H3,(H,26,27). The fourth-order valence-electron chi connectivity index (χ4n) is 2.45. The van der Waals surface area contributed by atoms with Crippen LogP contribution in [0.1, 0.15) is 23.8 Å². The van der Waals surface area contributed by atoms with Gasteiger partial charge in [0.1, 0.15) is 5.69 Å². The third kappa shape index (κ3) is 4.15. The van der Waals surface area contributed by atoms with E-state index in [0.29, 0.717) is 11.0 Å². The van der Waals surface area contributed by atoms with E-state index in [4.69, 9.17) is 4.74 Å². The lowest BCUT2D eigenvalue weighted by atomic mass is 10.2. The average molecular weight is 407 g/mol. The van der Waals surface area contributed by atoms with Crippen molar-refractivity contribution < 1.29 is 31.9 Å². The number of aromatic nitrogens is 2. The summed E-state index contributed by atoms with van der Waals surface area (Å²) in [6.07, 6.45) is -0.433. The maximum Gasteiger partial charge on any atom is 0.359 e. The number of ether oxygens (including phenoxy) is 1. The maximum atomic E-state index is 13.7. The summed E-state index contributed by atoms with van der Waals surface area (Å²) in [5.41, 5.74) is -0.552. The van der Waals surface area contributed by atoms with Crippen molar-refractivity contribution in [2.24, 2.45) is 0 Å². The lowest BCUT2D eigenvalue weighted by molar-refractivity contribution is -0.124. The molecule has 1 unspecified atom stereocenters. The predicted molar refractivity (Wildman–Crippen MR) is 93.9 cm³/mol. The zero-order valence-electron chi connectivity index (χ0n) is 14.9. The highest BCUT2D eigenvalue weighted by Gasteiger charge is 2.27. The van der Waals surface area contributed by atoms with Gasteiger partial charge < -0.3 is 10.1 Å². The lowest BCUT2D eigenvalue weighted by Crippen LogP contribution is -2.33. The predicted octanol–water partition coefficient (Wildman–Crippen LogP) is 3.76. The van der Waals surface area contributed by atoms with Crippen molar-refractivity contribution in [1.82, 2.24) is 9.97 Å². The number of fused-ring (bicyclic) bond motifs is 1. The molecule has 6 nitrogen and oxygen atoms in total. The summed E-state index contributed by atoms with van der Waals surface area (Å²) in [5.74, 6) is -9.10. The zero-order chi connectivity index (χ0) is 21.1. The second-order valence-electron chi connectivity index (χ2n) is 5.88. The van der Waals surface area contributed by atoms with Crippen LogP contribution >= 0.6 is 0 Å². The lowest BCUT2D eigenvalue weighted by Gasteiger charge is -2.16. The molecular weight excluding hydrogens is 394 g/mol. The number of benzene rings is 2. The number of esters is 1. The monoisotopic (exact) mass is 407 g/mol. The van der Waals surface area contributed by atoms with E-state index in [1.807, 2.05) is 0 Å². The summed E-state index contributed by atoms with van der Waals surface area (Å²) in [7, 11) is 0. The van der Waals surface area contributed by atoms with Gasteiger partial charge in [0.05, 0.1) is 17.2 Å². The minimum Gasteiger partial charge on any atom is -0.447 e. The first-order valence-corrected chi connectivity index (χ1v) is 8.38. The van der Waals surface area contributed by atoms with Crippen LogP contribution in [0.4, 0.5) is 23.2 Å². The van der Waals surface area contributed by atoms with E-state index in [2.05, 4.69) is 9.97 Å². The molecule has 0 fully saturated rings. The summed E-state index contributed by atoms with van der Waals surface area (Å²) in [6.45, 7) is 1.46. The number of carbonyl (C=O) groups excluding carboxylic acids is 2. The maximum absolute atomic E-state index is 13.7. The van der Waals surface area contributed by atoms with Gasteiger partial charge in [-0.15, -0.1) is 0 Å². The van der Waals surface area contributed by atoms with E-state index in [9.17, 15) is 27.2 Å². The highest BCUT2D eigenvalue weighted by atomic mass is 19.2. The van der Waals surface area contributed by atoms with E-state index >= 15 is 0 Å². The second kappa shape index (κ2) is 8.21. The Hall–Kier alpha value is -3.56. The first kappa shape index (κ1) is 20.2. The molecule has 1 heterocycles. The molecule has 0 radical (unpaired) electrons. The number of halogens is 4. The molecule has 0 spiro atoms. The van der Waals surface area contributed by atoms with Crippen molar-refractivity contribution in [3.05, 3.63) is 65.5 Å². The van der Waals surface area contributed by atoms with Crippen molar-refractivity contribution >= 4 is 28.6 Å². The number of amides is 1. The van der Waals surface area contributed by atoms with E-state index in [1.165, 1.54) is 6.92 Å². The minimum atomic E-state index is -1.78. The molecule has 3 rings (SSSR count). The first-order chi connectivity index (χ1) is 13.8. The fraction of sp³-hybridized carbons (Fsp3) is 0.158. The smallest absolute Gasteiger partial charge is 0.359 e. The van der Waals surface area contributed by atoms with Crippen LogP contribution in [-0.4, -0.2) is 27.9 Å². The summed E-state index contributed by atoms with van der Waals surface area (Å²) >= 11 is 0. The molecule has 0 aliphatic rings. The number of hydrogen-bond donors (Lipinski definition) is 1. The topological polar surface area (TPSA) is 81.2 Å². The quantitative estimate of drug-likeness (QED) is 0.396. The van der Waals surface area contributed by atoms with Crippen LogP contribution in [0.3, 0.4) is 0 Å². The number of carbonyl (C=O) groups is 2. The van der Waals surface area contributed by atoms with Crippen molar-refractivity contribution in [2.45, 2.75) is 19.4 Å². The number of nitrogens with zero attached hydrogens (tertiary/aromatic N) is 2. The highest BCUT2D eigenvalue weighted by molar-refractivity contribution is 5.97. The van der Waals surface area contributed by atoms with Crippen LogP contribution < -0.4 is 5.32 Å². The minimum absolute atomic E-state index is 0.00997. The van der Waals surface area contributed by atoms with Crippen molar-refractivity contribution in [2.75, 3.05) is 5.32 Å². The third-order valence-corrected chi connectivity index (χ3v) is 3.93. The molecule has 1 amide bonds. The normalized spacial score (nSPS) is 11.9. The average Bonchev–Trinajstić information content (AvgIpc) is 2.72. The van der Waals surface area contributed by atoms with Crippen molar-refractivity contribution in [3.63, 3.8) is 0 Å². The number of anilines is 1. The molecule has 1 N–H and O–H groups in total. The highest BCUT2D eigenvalue weighted by Crippen LogP contribution is 2.24. The molecule has 0 aliphatic carbocycles. The van der Waals surface area contributed by atoms with Crippen LogP contribution in [0.2, 0.25) is 0 Å². The van der Waals surface area contributed by atoms with Gasteiger partial charge in [-0.2, -0.15) is 0 Å². The van der Waals surface area contributed by atoms with Crippen LogP contribution in [-0.2, 0) is 9.53 Å². The second-order valence-corrected chi connectivity index (χ2v) is 5.88. The van der Waals surface area contributed by atoms with E-state index in [0.717, 1.165) is 6.20 Å². The molecule has 3 aromatic rings. The Morgan fingerprint density at radius 3 is 2.31 bits per heavy atom. The largest absolute Gasteiger partial charge is 0.447 e. The summed E-state index contributed by atoms with van der Waals surface area (Å²) < 4.78 is 59.0. The zero-order valence-corrected chi connectivity index (χ0v) is 14.9. The van der Waals surface area contributed by atoms with Gasteiger partial charge >= 0.3 is 5.97 Å². The van der Waals surface area contributed by atoms with Gasteiger partial charge in [0.15, 0.2) is 35.1 Å². The van der Waals surface area contributed by atoms with Crippen LogP contribution in [0.5, 0.6) is 0 Å². The summed E-state index contributed by atoms with van der Waals surface area (Å²) in [5, 5.41) is 1.72. The molecule has 29 heavy (non-hydrogen) atoms. The molecule has 1 aromatic heterocycles. The van der Waals surface area contributed by atoms with E-state index in [1.54, 1.807) is 29.6 Å². The Balaban J connectivity index is 1.78. The molecule has 0 bridgehead atoms. The third-order valence-electron chi connectivity index (χ3n) is 3.93. The summed E-state index contributed by atoms with van der Waals surface area (Å²) in [4.78, 5) is 32.6. The summed E-state index contributed by atoms with van der Waals surface area (Å²) in [6, 6.07) is 6.74. The van der Waals surface area contributed by atoms with E-state index in [-0.39, 0.29) is 18.2 Å². The number of rotatable bonds is 5. The Kier molecular flexibility index (Phi) is 5.71. The van der Waals surface area contributed by atoms with Crippen molar-refractivity contribution in [1.29, 1.82) is 0 Å². The van der Waals surface area contributed by atoms with Gasteiger partial charge in [-0.3, -0.25) is 9.78 Å². The molecule has 10 heteroatoms. The van der Waals surface area contributed by atoms with Gasteiger partial charge in [0.2, 0.25) is 0 Å². The van der Waals surface area contributed by atoms with Crippen LogP contribution in [0, 0.1) is 23.3 Å². The Morgan fingerprint density at radius 2 is 1.69 bits per heavy atom. The Morgan fingerprint density at radius 1 is 1.07 bits per heavy atom. The molecule has 2 aromatic carbocycles. The van der Waals surface area contributed by atoms with Crippen LogP contribution in [0.15, 0.2) is 36.5 Å². The van der Waals surface area contributed by atoms with Gasteiger partial charge in [-0.1, -0.05) is 19.1 Å². The molecule has 0 aliphatic heterocycles. The van der Waals surface area contributed by atoms with E-state index < -0.39 is 46.9 Å². The van der Waals surface area contributed by atoms with Gasteiger partial charge in [0.25, 0.3) is 5.91 Å². The van der Waals surface area contributed by atoms with Gasteiger partial charge in [-0.05, 0) is 18.6 Å². The number of para-hydroxylation sites is 2. The van der Waals surface area contributed by atoms with Gasteiger partial charge in [-0.25, -0.2) is 27.3 Å². The molecular formula is C19H13F4N3O3. The first-order valence-electron chi connectivity index (χ1n) is 8.38. The van der Waals surface area contributed by atoms with Crippen molar-refractivity contribution in [3.8, 4) is 0 Å². The SMILES string of the molecule is CCC(OC(=O)c1cnc2ccccc2n1)C(=O)Nc1c(F)c(F)cc(F)c1F. The Labute approximate surface area is 161 Å². The molecule has 0 saturated carbocycles. The fourth-order valence-corrected chi connectivity index (χ4v) is 2.45. The molecule has 150 valence electrons. The van der Waals surface area contributed by atoms with Crippen LogP contribution in [0.25, 0.3) is 11.0 Å². The molecule has 1 atom stereocenters. The van der Waals surface area contributed by atoms with Gasteiger partial charge in [0, 0.05) is 6.07 Å². The number of hydrogen-bond acceptors (Lipinski definition) is 5. The number of nitrogens with one attached hydrogen (secondary N) is 1.